The van der Waals surface area contributed by atoms with Gasteiger partial charge in [0.1, 0.15) is 11.5 Å². The van der Waals surface area contributed by atoms with Crippen LogP contribution in [-0.2, 0) is 11.3 Å². The van der Waals surface area contributed by atoms with Gasteiger partial charge in [-0.05, 0) is 48.9 Å². The lowest BCUT2D eigenvalue weighted by Crippen LogP contribution is -2.07. The van der Waals surface area contributed by atoms with Crippen molar-refractivity contribution in [2.24, 2.45) is 0 Å². The first-order valence-electron chi connectivity index (χ1n) is 9.26. The molecular weight excluding hydrogens is 364 g/mol. The first-order chi connectivity index (χ1) is 14.2. The van der Waals surface area contributed by atoms with Gasteiger partial charge in [-0.2, -0.15) is 5.10 Å². The molecule has 0 atom stereocenters. The summed E-state index contributed by atoms with van der Waals surface area (Å²) in [6.45, 7) is 2.45. The molecule has 4 aromatic rings. The summed E-state index contributed by atoms with van der Waals surface area (Å²) in [5.41, 5.74) is 3.37. The van der Waals surface area contributed by atoms with Crippen molar-refractivity contribution in [1.29, 1.82) is 0 Å². The number of aromatic nitrogens is 3. The lowest BCUT2D eigenvalue weighted by molar-refractivity contribution is -0.111. The van der Waals surface area contributed by atoms with E-state index in [4.69, 9.17) is 4.42 Å². The fraction of sp³-hybridized carbons (Fsp3) is 0.0870. The Bertz CT molecular complexity index is 1110. The summed E-state index contributed by atoms with van der Waals surface area (Å²) in [4.78, 5) is 16.7. The highest BCUT2D eigenvalue weighted by Crippen LogP contribution is 2.23. The van der Waals surface area contributed by atoms with Crippen molar-refractivity contribution in [2.45, 2.75) is 13.5 Å². The van der Waals surface area contributed by atoms with Gasteiger partial charge in [0.05, 0.1) is 6.54 Å². The van der Waals surface area contributed by atoms with Crippen LogP contribution in [0.1, 0.15) is 17.0 Å². The largest absolute Gasteiger partial charge is 0.441 e. The number of aryl methyl sites for hydroxylation is 1. The first-order valence-corrected chi connectivity index (χ1v) is 9.26. The van der Waals surface area contributed by atoms with E-state index in [9.17, 15) is 4.79 Å². The average Bonchev–Trinajstić information content (AvgIpc) is 3.38. The number of amides is 1. The molecule has 1 N–H and O–H groups in total. The maximum atomic E-state index is 12.1. The Morgan fingerprint density at radius 2 is 1.90 bits per heavy atom. The Balaban J connectivity index is 1.41. The van der Waals surface area contributed by atoms with Crippen LogP contribution in [-0.4, -0.2) is 20.7 Å². The van der Waals surface area contributed by atoms with Crippen LogP contribution in [0.3, 0.4) is 0 Å². The van der Waals surface area contributed by atoms with E-state index in [0.717, 1.165) is 22.6 Å². The third-order valence-electron chi connectivity index (χ3n) is 4.39. The molecule has 0 radical (unpaired) electrons. The molecule has 0 aliphatic carbocycles. The van der Waals surface area contributed by atoms with Crippen molar-refractivity contribution in [3.63, 3.8) is 0 Å². The topological polar surface area (TPSA) is 73.0 Å². The van der Waals surface area contributed by atoms with Gasteiger partial charge < -0.3 is 9.73 Å². The van der Waals surface area contributed by atoms with Gasteiger partial charge >= 0.3 is 0 Å². The second kappa shape index (κ2) is 8.39. The quantitative estimate of drug-likeness (QED) is 0.495. The van der Waals surface area contributed by atoms with Crippen molar-refractivity contribution in [3.05, 3.63) is 96.2 Å². The second-order valence-electron chi connectivity index (χ2n) is 6.54. The van der Waals surface area contributed by atoms with Gasteiger partial charge in [0.2, 0.25) is 11.8 Å². The highest BCUT2D eigenvalue weighted by Gasteiger charge is 2.12. The number of carbonyl (C=O) groups is 1. The van der Waals surface area contributed by atoms with Crippen molar-refractivity contribution < 1.29 is 9.21 Å². The fourth-order valence-electron chi connectivity index (χ4n) is 2.86. The summed E-state index contributed by atoms with van der Waals surface area (Å²) in [5, 5.41) is 7.05. The maximum Gasteiger partial charge on any atom is 0.248 e. The Kier molecular flexibility index (Phi) is 5.33. The molecule has 0 aliphatic heterocycles. The number of hydrogen-bond acceptors (Lipinski definition) is 4. The number of benzene rings is 2. The van der Waals surface area contributed by atoms with Crippen LogP contribution in [0.2, 0.25) is 0 Å². The van der Waals surface area contributed by atoms with E-state index in [1.165, 1.54) is 6.08 Å². The fourth-order valence-corrected chi connectivity index (χ4v) is 2.86. The van der Waals surface area contributed by atoms with Gasteiger partial charge in [-0.25, -0.2) is 4.98 Å². The molecule has 2 aromatic carbocycles. The normalized spacial score (nSPS) is 11.1. The van der Waals surface area contributed by atoms with Crippen LogP contribution < -0.4 is 5.32 Å². The molecule has 0 fully saturated rings. The van der Waals surface area contributed by atoms with Gasteiger partial charge in [0, 0.05) is 29.7 Å². The zero-order chi connectivity index (χ0) is 20.1. The molecule has 0 bridgehead atoms. The Labute approximate surface area is 168 Å². The minimum Gasteiger partial charge on any atom is -0.441 e. The van der Waals surface area contributed by atoms with E-state index in [0.29, 0.717) is 18.1 Å². The number of hydrogen-bond donors (Lipinski definition) is 1. The molecule has 4 rings (SSSR count). The molecule has 0 unspecified atom stereocenters. The van der Waals surface area contributed by atoms with Crippen LogP contribution in [0, 0.1) is 6.92 Å². The number of oxazole rings is 1. The Morgan fingerprint density at radius 3 is 2.62 bits per heavy atom. The Morgan fingerprint density at radius 1 is 1.10 bits per heavy atom. The molecule has 0 saturated carbocycles. The zero-order valence-electron chi connectivity index (χ0n) is 15.9. The van der Waals surface area contributed by atoms with Crippen molar-refractivity contribution >= 4 is 17.7 Å². The summed E-state index contributed by atoms with van der Waals surface area (Å²) >= 11 is 0. The highest BCUT2D eigenvalue weighted by atomic mass is 16.4. The molecule has 2 heterocycles. The third-order valence-corrected chi connectivity index (χ3v) is 4.39. The van der Waals surface area contributed by atoms with Crippen LogP contribution in [0.15, 0.2) is 83.6 Å². The molecule has 2 aromatic heterocycles. The first kappa shape index (κ1) is 18.4. The van der Waals surface area contributed by atoms with E-state index < -0.39 is 0 Å². The number of anilines is 1. The molecule has 29 heavy (non-hydrogen) atoms. The molecule has 6 heteroatoms. The number of nitrogens with zero attached hydrogens (tertiary/aromatic N) is 3. The van der Waals surface area contributed by atoms with E-state index in [1.807, 2.05) is 73.8 Å². The van der Waals surface area contributed by atoms with Crippen molar-refractivity contribution in [1.82, 2.24) is 14.8 Å². The summed E-state index contributed by atoms with van der Waals surface area (Å²) in [7, 11) is 0. The molecule has 0 saturated heterocycles. The van der Waals surface area contributed by atoms with Gasteiger partial charge in [-0.1, -0.05) is 30.3 Å². The SMILES string of the molecule is Cc1oc(-c2ccc(NC(=O)C=Cc3ccccc3)cc2)nc1Cn1cccn1. The van der Waals surface area contributed by atoms with Gasteiger partial charge in [-0.3, -0.25) is 9.48 Å². The molecule has 0 aliphatic rings. The summed E-state index contributed by atoms with van der Waals surface area (Å²) < 4.78 is 7.61. The molecule has 144 valence electrons. The van der Waals surface area contributed by atoms with E-state index in [1.54, 1.807) is 17.0 Å². The summed E-state index contributed by atoms with van der Waals surface area (Å²) in [6.07, 6.45) is 6.92. The van der Waals surface area contributed by atoms with Crippen LogP contribution in [0.5, 0.6) is 0 Å². The smallest absolute Gasteiger partial charge is 0.248 e. The minimum atomic E-state index is -0.185. The lowest BCUT2D eigenvalue weighted by atomic mass is 10.2. The van der Waals surface area contributed by atoms with Crippen molar-refractivity contribution in [3.8, 4) is 11.5 Å². The van der Waals surface area contributed by atoms with E-state index >= 15 is 0 Å². The molecule has 6 nitrogen and oxygen atoms in total. The number of rotatable bonds is 6. The van der Waals surface area contributed by atoms with Crippen LogP contribution in [0.25, 0.3) is 17.5 Å². The molecular formula is C23H20N4O2. The average molecular weight is 384 g/mol. The summed E-state index contributed by atoms with van der Waals surface area (Å²) in [6, 6.07) is 19.0. The van der Waals surface area contributed by atoms with Crippen molar-refractivity contribution in [2.75, 3.05) is 5.32 Å². The van der Waals surface area contributed by atoms with E-state index in [2.05, 4.69) is 15.4 Å². The van der Waals surface area contributed by atoms with Gasteiger partial charge in [0.25, 0.3) is 0 Å². The molecule has 0 spiro atoms. The maximum absolute atomic E-state index is 12.1. The highest BCUT2D eigenvalue weighted by molar-refractivity contribution is 6.02. The Hall–Kier alpha value is -3.93. The van der Waals surface area contributed by atoms with Crippen LogP contribution >= 0.6 is 0 Å². The third kappa shape index (κ3) is 4.68. The van der Waals surface area contributed by atoms with Crippen LogP contribution in [0.4, 0.5) is 5.69 Å². The minimum absolute atomic E-state index is 0.185. The van der Waals surface area contributed by atoms with E-state index in [-0.39, 0.29) is 5.91 Å². The standard InChI is InChI=1S/C23H20N4O2/c1-17-21(16-27-15-5-14-24-27)26-23(29-17)19-9-11-20(12-10-19)25-22(28)13-8-18-6-3-2-4-7-18/h2-15H,16H2,1H3,(H,25,28). The number of nitrogens with one attached hydrogen (secondary N) is 1. The second-order valence-corrected chi connectivity index (χ2v) is 6.54. The predicted octanol–water partition coefficient (Wildman–Crippen LogP) is 4.55. The van der Waals surface area contributed by atoms with Gasteiger partial charge in [0.15, 0.2) is 0 Å². The molecule has 1 amide bonds. The zero-order valence-corrected chi connectivity index (χ0v) is 15.9. The monoisotopic (exact) mass is 384 g/mol. The summed E-state index contributed by atoms with van der Waals surface area (Å²) in [5.74, 6) is 1.13. The lowest BCUT2D eigenvalue weighted by Gasteiger charge is -2.03. The predicted molar refractivity (Wildman–Crippen MR) is 112 cm³/mol. The number of carbonyl (C=O) groups excluding carboxylic acids is 1. The van der Waals surface area contributed by atoms with Gasteiger partial charge in [-0.15, -0.1) is 0 Å².